The normalized spacial score (nSPS) is 33.1. The van der Waals surface area contributed by atoms with Crippen molar-refractivity contribution in [3.63, 3.8) is 0 Å². The molecule has 2 saturated heterocycles. The number of piperidine rings is 1. The molecule has 3 heterocycles. The predicted molar refractivity (Wildman–Crippen MR) is 62.5 cm³/mol. The molecule has 0 radical (unpaired) electrons. The van der Waals surface area contributed by atoms with Crippen molar-refractivity contribution in [1.29, 1.82) is 0 Å². The van der Waals surface area contributed by atoms with Gasteiger partial charge < -0.3 is 10.0 Å². The van der Waals surface area contributed by atoms with E-state index in [1.807, 2.05) is 21.7 Å². The number of fused-ring (bicyclic) bond motifs is 2. The largest absolute Gasteiger partial charge is 0.393 e. The van der Waals surface area contributed by atoms with Crippen molar-refractivity contribution in [2.24, 2.45) is 0 Å². The lowest BCUT2D eigenvalue weighted by Crippen LogP contribution is -2.47. The number of amides is 1. The molecule has 1 N–H and O–H groups in total. The Labute approximate surface area is 98.7 Å². The summed E-state index contributed by atoms with van der Waals surface area (Å²) in [6.07, 6.45) is 3.41. The van der Waals surface area contributed by atoms with E-state index in [1.165, 1.54) is 0 Å². The molecule has 2 fully saturated rings. The van der Waals surface area contributed by atoms with E-state index in [1.54, 1.807) is 11.3 Å². The van der Waals surface area contributed by atoms with Gasteiger partial charge in [0.25, 0.3) is 5.91 Å². The molecule has 1 amide bonds. The van der Waals surface area contributed by atoms with E-state index in [4.69, 9.17) is 0 Å². The van der Waals surface area contributed by atoms with Crippen LogP contribution in [-0.4, -0.2) is 34.1 Å². The third kappa shape index (κ3) is 1.57. The van der Waals surface area contributed by atoms with E-state index >= 15 is 0 Å². The smallest absolute Gasteiger partial charge is 0.255 e. The molecule has 0 spiro atoms. The van der Waals surface area contributed by atoms with Gasteiger partial charge in [0.2, 0.25) is 0 Å². The fraction of sp³-hybridized carbons (Fsp3) is 0.583. The molecule has 3 rings (SSSR count). The number of thiophene rings is 1. The minimum absolute atomic E-state index is 0.153. The van der Waals surface area contributed by atoms with Crippen LogP contribution in [0.15, 0.2) is 16.8 Å². The minimum atomic E-state index is -0.205. The molecule has 3 nitrogen and oxygen atoms in total. The summed E-state index contributed by atoms with van der Waals surface area (Å²) in [6.45, 7) is 0. The van der Waals surface area contributed by atoms with Crippen LogP contribution in [0.3, 0.4) is 0 Å². The second-order valence-electron chi connectivity index (χ2n) is 4.73. The first kappa shape index (κ1) is 10.3. The van der Waals surface area contributed by atoms with Crippen LogP contribution >= 0.6 is 11.3 Å². The summed E-state index contributed by atoms with van der Waals surface area (Å²) < 4.78 is 0. The Balaban J connectivity index is 1.84. The Morgan fingerprint density at radius 3 is 2.62 bits per heavy atom. The molecule has 0 saturated carbocycles. The summed E-state index contributed by atoms with van der Waals surface area (Å²) in [5.41, 5.74) is 0.804. The van der Waals surface area contributed by atoms with Crippen molar-refractivity contribution in [1.82, 2.24) is 4.90 Å². The van der Waals surface area contributed by atoms with Gasteiger partial charge in [0, 0.05) is 17.5 Å². The van der Waals surface area contributed by atoms with E-state index in [0.29, 0.717) is 0 Å². The first-order valence-electron chi connectivity index (χ1n) is 5.78. The third-order valence-electron chi connectivity index (χ3n) is 3.71. The van der Waals surface area contributed by atoms with E-state index in [0.717, 1.165) is 31.2 Å². The number of carbonyl (C=O) groups is 1. The molecule has 1 aromatic rings. The second kappa shape index (κ2) is 3.86. The molecule has 2 aliphatic heterocycles. The fourth-order valence-electron chi connectivity index (χ4n) is 3.02. The minimum Gasteiger partial charge on any atom is -0.393 e. The number of aliphatic hydroxyl groups excluding tert-OH is 1. The summed E-state index contributed by atoms with van der Waals surface area (Å²) in [5.74, 6) is 0.153. The van der Waals surface area contributed by atoms with Crippen LogP contribution in [-0.2, 0) is 0 Å². The maximum Gasteiger partial charge on any atom is 0.255 e. The van der Waals surface area contributed by atoms with Crippen LogP contribution in [0.1, 0.15) is 36.0 Å². The van der Waals surface area contributed by atoms with Crippen LogP contribution in [0.2, 0.25) is 0 Å². The first-order valence-corrected chi connectivity index (χ1v) is 6.73. The molecule has 2 bridgehead atoms. The van der Waals surface area contributed by atoms with Gasteiger partial charge in [-0.2, -0.15) is 11.3 Å². The van der Waals surface area contributed by atoms with E-state index in [9.17, 15) is 9.90 Å². The summed E-state index contributed by atoms with van der Waals surface area (Å²) in [6, 6.07) is 2.42. The van der Waals surface area contributed by atoms with Crippen molar-refractivity contribution in [2.45, 2.75) is 43.9 Å². The highest BCUT2D eigenvalue weighted by atomic mass is 32.1. The lowest BCUT2D eigenvalue weighted by atomic mass is 9.99. The van der Waals surface area contributed by atoms with Crippen LogP contribution < -0.4 is 0 Å². The lowest BCUT2D eigenvalue weighted by Gasteiger charge is -2.37. The average molecular weight is 237 g/mol. The highest BCUT2D eigenvalue weighted by molar-refractivity contribution is 7.08. The van der Waals surface area contributed by atoms with Crippen molar-refractivity contribution >= 4 is 17.2 Å². The Morgan fingerprint density at radius 1 is 1.38 bits per heavy atom. The lowest BCUT2D eigenvalue weighted by molar-refractivity contribution is 0.0287. The van der Waals surface area contributed by atoms with Gasteiger partial charge in [-0.3, -0.25) is 4.79 Å². The molecule has 4 heteroatoms. The Kier molecular flexibility index (Phi) is 2.48. The van der Waals surface area contributed by atoms with E-state index < -0.39 is 0 Å². The number of rotatable bonds is 1. The van der Waals surface area contributed by atoms with Crippen LogP contribution in [0.5, 0.6) is 0 Å². The van der Waals surface area contributed by atoms with Crippen molar-refractivity contribution in [2.75, 3.05) is 0 Å². The molecular formula is C12H15NO2S. The predicted octanol–water partition coefficient (Wildman–Crippen LogP) is 1.88. The molecule has 0 aliphatic carbocycles. The molecule has 86 valence electrons. The Hall–Kier alpha value is -0.870. The zero-order chi connectivity index (χ0) is 11.1. The molecular weight excluding hydrogens is 222 g/mol. The Morgan fingerprint density at radius 2 is 2.06 bits per heavy atom. The summed E-state index contributed by atoms with van der Waals surface area (Å²) in [4.78, 5) is 14.3. The van der Waals surface area contributed by atoms with Crippen LogP contribution in [0, 0.1) is 0 Å². The molecule has 2 unspecified atom stereocenters. The average Bonchev–Trinajstić information content (AvgIpc) is 2.85. The highest BCUT2D eigenvalue weighted by Gasteiger charge is 2.42. The highest BCUT2D eigenvalue weighted by Crippen LogP contribution is 2.36. The van der Waals surface area contributed by atoms with E-state index in [-0.39, 0.29) is 24.1 Å². The zero-order valence-corrected chi connectivity index (χ0v) is 9.82. The number of aliphatic hydroxyl groups is 1. The van der Waals surface area contributed by atoms with Gasteiger partial charge in [0.05, 0.1) is 11.7 Å². The van der Waals surface area contributed by atoms with Gasteiger partial charge in [0.1, 0.15) is 0 Å². The zero-order valence-electron chi connectivity index (χ0n) is 9.00. The molecule has 2 aliphatic rings. The maximum atomic E-state index is 12.3. The molecule has 1 aromatic heterocycles. The first-order chi connectivity index (χ1) is 7.75. The van der Waals surface area contributed by atoms with Gasteiger partial charge in [-0.1, -0.05) is 0 Å². The summed E-state index contributed by atoms with van der Waals surface area (Å²) >= 11 is 1.56. The molecule has 16 heavy (non-hydrogen) atoms. The monoisotopic (exact) mass is 237 g/mol. The topological polar surface area (TPSA) is 40.5 Å². The van der Waals surface area contributed by atoms with Gasteiger partial charge in [-0.05, 0) is 37.1 Å². The van der Waals surface area contributed by atoms with Crippen molar-refractivity contribution in [3.8, 4) is 0 Å². The molecule has 2 atom stereocenters. The summed E-state index contributed by atoms with van der Waals surface area (Å²) in [7, 11) is 0. The standard InChI is InChI=1S/C12H15NO2S/c14-11-5-9-1-2-10(6-11)13(9)12(15)8-3-4-16-7-8/h3-4,7,9-11,14H,1-2,5-6H2. The number of nitrogens with zero attached hydrogens (tertiary/aromatic N) is 1. The second-order valence-corrected chi connectivity index (χ2v) is 5.51. The van der Waals surface area contributed by atoms with Crippen molar-refractivity contribution < 1.29 is 9.90 Å². The fourth-order valence-corrected chi connectivity index (χ4v) is 3.64. The number of hydrogen-bond acceptors (Lipinski definition) is 3. The van der Waals surface area contributed by atoms with E-state index in [2.05, 4.69) is 0 Å². The molecule has 0 aromatic carbocycles. The van der Waals surface area contributed by atoms with Gasteiger partial charge >= 0.3 is 0 Å². The quantitative estimate of drug-likeness (QED) is 0.810. The third-order valence-corrected chi connectivity index (χ3v) is 4.39. The van der Waals surface area contributed by atoms with Crippen LogP contribution in [0.25, 0.3) is 0 Å². The number of carbonyl (C=O) groups excluding carboxylic acids is 1. The number of hydrogen-bond donors (Lipinski definition) is 1. The van der Waals surface area contributed by atoms with Gasteiger partial charge in [0.15, 0.2) is 0 Å². The van der Waals surface area contributed by atoms with Crippen LogP contribution in [0.4, 0.5) is 0 Å². The maximum absolute atomic E-state index is 12.3. The van der Waals surface area contributed by atoms with Gasteiger partial charge in [-0.25, -0.2) is 0 Å². The SMILES string of the molecule is O=C(c1ccsc1)N1C2CCC1CC(O)C2. The van der Waals surface area contributed by atoms with Gasteiger partial charge in [-0.15, -0.1) is 0 Å². The Bertz CT molecular complexity index is 376. The van der Waals surface area contributed by atoms with Crippen molar-refractivity contribution in [3.05, 3.63) is 22.4 Å². The summed E-state index contributed by atoms with van der Waals surface area (Å²) in [5, 5.41) is 13.5.